The van der Waals surface area contributed by atoms with Gasteiger partial charge in [-0.25, -0.2) is 18.0 Å². The van der Waals surface area contributed by atoms with Gasteiger partial charge in [0.05, 0.1) is 9.92 Å². The summed E-state index contributed by atoms with van der Waals surface area (Å²) in [6, 6.07) is 8.27. The summed E-state index contributed by atoms with van der Waals surface area (Å²) in [6.45, 7) is 5.47. The molecule has 1 aliphatic carbocycles. The standard InChI is InChI=1S/C26H28ClNO6S/c1-4-16(3)24(28-35(31,32)17-11-9-15(2)10-12-17)26(30)34-23-14-22-20(13-21(23)27)18-7-5-6-8-19(18)25(29)33-22/h9-14,16,24,28H,4-8H2,1-3H3/t16-,24+/m1/s1. The molecule has 9 heteroatoms. The third-order valence-electron chi connectivity index (χ3n) is 6.57. The van der Waals surface area contributed by atoms with Crippen molar-refractivity contribution in [1.29, 1.82) is 0 Å². The predicted molar refractivity (Wildman–Crippen MR) is 135 cm³/mol. The van der Waals surface area contributed by atoms with E-state index in [4.69, 9.17) is 20.8 Å². The Labute approximate surface area is 209 Å². The number of hydrogen-bond donors (Lipinski definition) is 1. The summed E-state index contributed by atoms with van der Waals surface area (Å²) in [4.78, 5) is 25.7. The molecule has 1 N–H and O–H groups in total. The summed E-state index contributed by atoms with van der Waals surface area (Å²) < 4.78 is 39.5. The van der Waals surface area contributed by atoms with E-state index in [-0.39, 0.29) is 27.2 Å². The molecule has 0 unspecified atom stereocenters. The van der Waals surface area contributed by atoms with Crippen molar-refractivity contribution in [3.05, 3.63) is 68.5 Å². The molecule has 2 aromatic carbocycles. The largest absolute Gasteiger partial charge is 0.424 e. The topological polar surface area (TPSA) is 103 Å². The zero-order chi connectivity index (χ0) is 25.3. The summed E-state index contributed by atoms with van der Waals surface area (Å²) in [7, 11) is -3.97. The van der Waals surface area contributed by atoms with Crippen LogP contribution >= 0.6 is 11.6 Å². The minimum atomic E-state index is -3.97. The van der Waals surface area contributed by atoms with Crippen LogP contribution in [-0.4, -0.2) is 20.4 Å². The lowest BCUT2D eigenvalue weighted by Gasteiger charge is -2.23. The van der Waals surface area contributed by atoms with Gasteiger partial charge in [0.2, 0.25) is 10.0 Å². The van der Waals surface area contributed by atoms with E-state index in [1.165, 1.54) is 18.2 Å². The number of benzene rings is 2. The van der Waals surface area contributed by atoms with Crippen molar-refractivity contribution < 1.29 is 22.4 Å². The minimum Gasteiger partial charge on any atom is -0.424 e. The highest BCUT2D eigenvalue weighted by Gasteiger charge is 2.32. The zero-order valence-electron chi connectivity index (χ0n) is 19.9. The van der Waals surface area contributed by atoms with Gasteiger partial charge >= 0.3 is 11.6 Å². The highest BCUT2D eigenvalue weighted by atomic mass is 35.5. The van der Waals surface area contributed by atoms with Crippen LogP contribution in [0.3, 0.4) is 0 Å². The second kappa shape index (κ2) is 10.1. The van der Waals surface area contributed by atoms with Crippen LogP contribution in [0.4, 0.5) is 0 Å². The molecule has 0 amide bonds. The molecule has 35 heavy (non-hydrogen) atoms. The van der Waals surface area contributed by atoms with Crippen LogP contribution in [0.2, 0.25) is 5.02 Å². The SMILES string of the molecule is CC[C@@H](C)[C@H](NS(=O)(=O)c1ccc(C)cc1)C(=O)Oc1cc2oc(=O)c3c(c2cc1Cl)CCCC3. The number of rotatable bonds is 7. The average molecular weight is 518 g/mol. The molecule has 0 radical (unpaired) electrons. The molecule has 3 aromatic rings. The predicted octanol–water partition coefficient (Wildman–Crippen LogP) is 4.93. The average Bonchev–Trinajstić information content (AvgIpc) is 2.83. The van der Waals surface area contributed by atoms with Gasteiger partial charge in [-0.1, -0.05) is 49.6 Å². The number of aryl methyl sites for hydroxylation is 2. The monoisotopic (exact) mass is 517 g/mol. The molecule has 0 fully saturated rings. The van der Waals surface area contributed by atoms with E-state index >= 15 is 0 Å². The Bertz CT molecular complexity index is 1430. The van der Waals surface area contributed by atoms with Crippen LogP contribution in [0.15, 0.2) is 50.5 Å². The number of fused-ring (bicyclic) bond motifs is 3. The van der Waals surface area contributed by atoms with Crippen LogP contribution < -0.4 is 15.1 Å². The Kier molecular flexibility index (Phi) is 7.35. The van der Waals surface area contributed by atoms with Gasteiger partial charge in [0.25, 0.3) is 0 Å². The zero-order valence-corrected chi connectivity index (χ0v) is 21.5. The van der Waals surface area contributed by atoms with Crippen LogP contribution in [0, 0.1) is 12.8 Å². The maximum Gasteiger partial charge on any atom is 0.339 e. The Morgan fingerprint density at radius 3 is 2.46 bits per heavy atom. The lowest BCUT2D eigenvalue weighted by atomic mass is 9.90. The van der Waals surface area contributed by atoms with E-state index in [2.05, 4.69) is 4.72 Å². The van der Waals surface area contributed by atoms with Crippen LogP contribution in [0.1, 0.15) is 49.8 Å². The molecule has 186 valence electrons. The number of hydrogen-bond acceptors (Lipinski definition) is 6. The summed E-state index contributed by atoms with van der Waals surface area (Å²) in [6.07, 6.45) is 3.85. The number of sulfonamides is 1. The van der Waals surface area contributed by atoms with Gasteiger partial charge in [-0.2, -0.15) is 4.72 Å². The molecule has 0 saturated carbocycles. The Hall–Kier alpha value is -2.68. The molecular formula is C26H28ClNO6S. The summed E-state index contributed by atoms with van der Waals surface area (Å²) in [5.41, 5.74) is 2.40. The van der Waals surface area contributed by atoms with Crippen LogP contribution in [0.5, 0.6) is 5.75 Å². The number of esters is 1. The van der Waals surface area contributed by atoms with E-state index in [0.717, 1.165) is 35.8 Å². The lowest BCUT2D eigenvalue weighted by molar-refractivity contribution is -0.137. The number of ether oxygens (including phenoxy) is 1. The Balaban J connectivity index is 1.65. The fraction of sp³-hybridized carbons (Fsp3) is 0.385. The number of nitrogens with one attached hydrogen (secondary N) is 1. The first-order valence-electron chi connectivity index (χ1n) is 11.7. The molecule has 4 rings (SSSR count). The Morgan fingerprint density at radius 2 is 1.80 bits per heavy atom. The van der Waals surface area contributed by atoms with Crippen molar-refractivity contribution in [2.45, 2.75) is 63.8 Å². The molecule has 0 spiro atoms. The van der Waals surface area contributed by atoms with E-state index in [9.17, 15) is 18.0 Å². The van der Waals surface area contributed by atoms with Gasteiger partial charge in [-0.15, -0.1) is 0 Å². The first-order chi connectivity index (χ1) is 16.6. The van der Waals surface area contributed by atoms with Gasteiger partial charge in [-0.05, 0) is 62.3 Å². The van der Waals surface area contributed by atoms with Gasteiger partial charge in [0.15, 0.2) is 5.75 Å². The minimum absolute atomic E-state index is 0.00548. The van der Waals surface area contributed by atoms with E-state index < -0.39 is 27.7 Å². The fourth-order valence-electron chi connectivity index (χ4n) is 4.28. The molecule has 2 atom stereocenters. The van der Waals surface area contributed by atoms with Crippen LogP contribution in [0.25, 0.3) is 11.0 Å². The molecule has 1 aliphatic rings. The van der Waals surface area contributed by atoms with E-state index in [1.54, 1.807) is 25.1 Å². The molecule has 1 heterocycles. The normalized spacial score (nSPS) is 15.4. The van der Waals surface area contributed by atoms with Crippen molar-refractivity contribution >= 4 is 38.6 Å². The van der Waals surface area contributed by atoms with E-state index in [0.29, 0.717) is 18.4 Å². The molecule has 0 saturated heterocycles. The molecule has 0 bridgehead atoms. The summed E-state index contributed by atoms with van der Waals surface area (Å²) >= 11 is 6.46. The highest BCUT2D eigenvalue weighted by Crippen LogP contribution is 2.34. The van der Waals surface area contributed by atoms with Gasteiger partial charge in [0, 0.05) is 17.0 Å². The van der Waals surface area contributed by atoms with Crippen molar-refractivity contribution in [3.63, 3.8) is 0 Å². The first kappa shape index (κ1) is 25.4. The van der Waals surface area contributed by atoms with Crippen molar-refractivity contribution in [2.75, 3.05) is 0 Å². The quantitative estimate of drug-likeness (QED) is 0.271. The Morgan fingerprint density at radius 1 is 1.14 bits per heavy atom. The summed E-state index contributed by atoms with van der Waals surface area (Å²) in [5.74, 6) is -1.14. The number of carbonyl (C=O) groups is 1. The second-order valence-electron chi connectivity index (χ2n) is 9.05. The van der Waals surface area contributed by atoms with Gasteiger partial charge in [-0.3, -0.25) is 0 Å². The fourth-order valence-corrected chi connectivity index (χ4v) is 5.77. The van der Waals surface area contributed by atoms with Crippen LogP contribution in [-0.2, 0) is 27.7 Å². The maximum atomic E-state index is 13.2. The maximum absolute atomic E-state index is 13.2. The van der Waals surface area contributed by atoms with Gasteiger partial charge in [0.1, 0.15) is 11.6 Å². The summed E-state index contributed by atoms with van der Waals surface area (Å²) in [5, 5.41) is 0.902. The highest BCUT2D eigenvalue weighted by molar-refractivity contribution is 7.89. The molecule has 1 aromatic heterocycles. The first-order valence-corrected chi connectivity index (χ1v) is 13.6. The van der Waals surface area contributed by atoms with Crippen molar-refractivity contribution in [2.24, 2.45) is 5.92 Å². The van der Waals surface area contributed by atoms with Gasteiger partial charge < -0.3 is 9.15 Å². The smallest absolute Gasteiger partial charge is 0.339 e. The van der Waals surface area contributed by atoms with Crippen molar-refractivity contribution in [1.82, 2.24) is 4.72 Å². The molecule has 0 aliphatic heterocycles. The number of carbonyl (C=O) groups excluding carboxylic acids is 1. The lowest BCUT2D eigenvalue weighted by Crippen LogP contribution is -2.46. The third kappa shape index (κ3) is 5.29. The molecule has 7 nitrogen and oxygen atoms in total. The third-order valence-corrected chi connectivity index (χ3v) is 8.32. The van der Waals surface area contributed by atoms with Crippen molar-refractivity contribution in [3.8, 4) is 5.75 Å². The van der Waals surface area contributed by atoms with E-state index in [1.807, 2.05) is 13.8 Å². The second-order valence-corrected chi connectivity index (χ2v) is 11.2. The molecular weight excluding hydrogens is 490 g/mol. The number of halogens is 1.